The summed E-state index contributed by atoms with van der Waals surface area (Å²) in [4.78, 5) is 14.9. The minimum Gasteiger partial charge on any atom is -0.469 e. The molecule has 0 unspecified atom stereocenters. The topological polar surface area (TPSA) is 90.3 Å². The summed E-state index contributed by atoms with van der Waals surface area (Å²) in [5.41, 5.74) is 0. The fraction of sp³-hybridized carbons (Fsp3) is 0.667. The number of rotatable bonds is 8. The number of nitrogens with zero attached hydrogens (tertiary/aromatic N) is 2. The highest BCUT2D eigenvalue weighted by molar-refractivity contribution is 7.89. The fourth-order valence-electron chi connectivity index (χ4n) is 1.61. The first-order chi connectivity index (χ1) is 9.36. The number of hydrogen-bond donors (Lipinski definition) is 1. The van der Waals surface area contributed by atoms with Gasteiger partial charge in [0.25, 0.3) is 10.0 Å². The highest BCUT2D eigenvalue weighted by atomic mass is 32.2. The van der Waals surface area contributed by atoms with E-state index in [-0.39, 0.29) is 11.0 Å². The molecule has 1 heterocycles. The molecule has 0 fully saturated rings. The molecule has 8 heteroatoms. The van der Waals surface area contributed by atoms with Gasteiger partial charge in [-0.2, -0.15) is 0 Å². The van der Waals surface area contributed by atoms with E-state index in [4.69, 9.17) is 0 Å². The van der Waals surface area contributed by atoms with Crippen molar-refractivity contribution in [2.45, 2.75) is 37.6 Å². The van der Waals surface area contributed by atoms with E-state index < -0.39 is 10.0 Å². The summed E-state index contributed by atoms with van der Waals surface area (Å²) in [7, 11) is -0.447. The maximum atomic E-state index is 11.9. The van der Waals surface area contributed by atoms with Crippen LogP contribution in [0.15, 0.2) is 11.2 Å². The minimum absolute atomic E-state index is 0.0343. The number of sulfonamides is 1. The van der Waals surface area contributed by atoms with Crippen molar-refractivity contribution in [3.63, 3.8) is 0 Å². The summed E-state index contributed by atoms with van der Waals surface area (Å²) in [6.45, 7) is 2.07. The van der Waals surface area contributed by atoms with Gasteiger partial charge in [-0.3, -0.25) is 4.79 Å². The molecule has 114 valence electrons. The van der Waals surface area contributed by atoms with Gasteiger partial charge in [-0.1, -0.05) is 6.42 Å². The van der Waals surface area contributed by atoms with E-state index >= 15 is 0 Å². The number of aromatic nitrogens is 2. The first kappa shape index (κ1) is 16.6. The Morgan fingerprint density at radius 1 is 1.40 bits per heavy atom. The summed E-state index contributed by atoms with van der Waals surface area (Å²) in [6, 6.07) is 0. The van der Waals surface area contributed by atoms with Crippen LogP contribution in [0.5, 0.6) is 0 Å². The van der Waals surface area contributed by atoms with Crippen molar-refractivity contribution in [2.24, 2.45) is 7.05 Å². The molecular formula is C12H21N3O4S. The lowest BCUT2D eigenvalue weighted by molar-refractivity contribution is -0.140. The van der Waals surface area contributed by atoms with Gasteiger partial charge in [0.2, 0.25) is 0 Å². The highest BCUT2D eigenvalue weighted by Gasteiger charge is 2.17. The number of carbonyl (C=O) groups is 1. The van der Waals surface area contributed by atoms with Gasteiger partial charge < -0.3 is 9.30 Å². The van der Waals surface area contributed by atoms with Crippen LogP contribution < -0.4 is 4.72 Å². The molecule has 0 saturated heterocycles. The smallest absolute Gasteiger partial charge is 0.305 e. The maximum absolute atomic E-state index is 11.9. The van der Waals surface area contributed by atoms with Crippen molar-refractivity contribution >= 4 is 16.0 Å². The normalized spacial score (nSPS) is 11.6. The molecule has 0 aliphatic heterocycles. The molecule has 1 aromatic rings. The third-order valence-corrected chi connectivity index (χ3v) is 4.27. The maximum Gasteiger partial charge on any atom is 0.305 e. The van der Waals surface area contributed by atoms with Crippen molar-refractivity contribution in [3.8, 4) is 0 Å². The number of methoxy groups -OCH3 is 1. The van der Waals surface area contributed by atoms with Crippen LogP contribution >= 0.6 is 0 Å². The van der Waals surface area contributed by atoms with Crippen molar-refractivity contribution in [3.05, 3.63) is 12.0 Å². The predicted octanol–water partition coefficient (Wildman–Crippen LogP) is 0.740. The van der Waals surface area contributed by atoms with E-state index in [9.17, 15) is 13.2 Å². The Hall–Kier alpha value is -1.41. The van der Waals surface area contributed by atoms with E-state index in [1.165, 1.54) is 13.3 Å². The molecule has 0 aliphatic rings. The zero-order valence-electron chi connectivity index (χ0n) is 12.0. The third kappa shape index (κ3) is 4.93. The van der Waals surface area contributed by atoms with E-state index in [0.29, 0.717) is 31.6 Å². The van der Waals surface area contributed by atoms with E-state index in [1.54, 1.807) is 18.5 Å². The molecule has 1 N–H and O–H groups in total. The lowest BCUT2D eigenvalue weighted by atomic mass is 10.2. The van der Waals surface area contributed by atoms with Gasteiger partial charge in [-0.15, -0.1) is 0 Å². The zero-order chi connectivity index (χ0) is 15.2. The van der Waals surface area contributed by atoms with Crippen LogP contribution in [0.3, 0.4) is 0 Å². The number of nitrogens with one attached hydrogen (secondary N) is 1. The van der Waals surface area contributed by atoms with Crippen molar-refractivity contribution in [2.75, 3.05) is 13.7 Å². The van der Waals surface area contributed by atoms with Crippen LogP contribution in [0.1, 0.15) is 31.5 Å². The first-order valence-electron chi connectivity index (χ1n) is 6.43. The highest BCUT2D eigenvalue weighted by Crippen LogP contribution is 2.08. The van der Waals surface area contributed by atoms with Gasteiger partial charge in [0.1, 0.15) is 5.82 Å². The number of aryl methyl sites for hydroxylation is 2. The number of imidazole rings is 1. The van der Waals surface area contributed by atoms with Gasteiger partial charge in [-0.25, -0.2) is 18.1 Å². The molecule has 0 saturated carbocycles. The molecule has 1 aromatic heterocycles. The molecular weight excluding hydrogens is 282 g/mol. The Morgan fingerprint density at radius 2 is 2.10 bits per heavy atom. The molecule has 1 rings (SSSR count). The average Bonchev–Trinajstić information content (AvgIpc) is 2.74. The van der Waals surface area contributed by atoms with Gasteiger partial charge in [0.05, 0.1) is 7.11 Å². The molecule has 0 radical (unpaired) electrons. The van der Waals surface area contributed by atoms with Crippen LogP contribution in [-0.4, -0.2) is 37.6 Å². The lowest BCUT2D eigenvalue weighted by Crippen LogP contribution is -2.25. The van der Waals surface area contributed by atoms with Crippen molar-refractivity contribution < 1.29 is 17.9 Å². The Bertz CT molecular complexity index is 532. The largest absolute Gasteiger partial charge is 0.469 e. The quantitative estimate of drug-likeness (QED) is 0.565. The van der Waals surface area contributed by atoms with Crippen molar-refractivity contribution in [1.29, 1.82) is 0 Å². The molecule has 0 amide bonds. The summed E-state index contributed by atoms with van der Waals surface area (Å²) in [5, 5.41) is 0.0343. The summed E-state index contributed by atoms with van der Waals surface area (Å²) >= 11 is 0. The summed E-state index contributed by atoms with van der Waals surface area (Å²) in [6.07, 6.45) is 3.97. The zero-order valence-corrected chi connectivity index (χ0v) is 12.9. The second kappa shape index (κ2) is 7.39. The molecule has 0 spiro atoms. The van der Waals surface area contributed by atoms with Gasteiger partial charge in [0, 0.05) is 26.2 Å². The van der Waals surface area contributed by atoms with E-state index in [2.05, 4.69) is 14.4 Å². The number of unbranched alkanes of at least 4 members (excludes halogenated alkanes) is 2. The fourth-order valence-corrected chi connectivity index (χ4v) is 2.72. The lowest BCUT2D eigenvalue weighted by Gasteiger charge is -2.04. The summed E-state index contributed by atoms with van der Waals surface area (Å²) < 4.78 is 32.5. The van der Waals surface area contributed by atoms with Crippen LogP contribution in [0.2, 0.25) is 0 Å². The average molecular weight is 303 g/mol. The van der Waals surface area contributed by atoms with Crippen LogP contribution in [0.4, 0.5) is 0 Å². The molecule has 0 aromatic carbocycles. The second-order valence-corrected chi connectivity index (χ2v) is 6.24. The van der Waals surface area contributed by atoms with Crippen molar-refractivity contribution in [1.82, 2.24) is 14.3 Å². The standard InChI is InChI=1S/C12H21N3O4S/c1-10-14-11(9-15(10)2)20(17,18)13-8-6-4-5-7-12(16)19-3/h9,13H,4-8H2,1-3H3. The van der Waals surface area contributed by atoms with E-state index in [1.807, 2.05) is 0 Å². The van der Waals surface area contributed by atoms with Gasteiger partial charge >= 0.3 is 5.97 Å². The Balaban J connectivity index is 2.32. The molecule has 7 nitrogen and oxygen atoms in total. The van der Waals surface area contributed by atoms with Gasteiger partial charge in [-0.05, 0) is 19.8 Å². The monoisotopic (exact) mass is 303 g/mol. The molecule has 20 heavy (non-hydrogen) atoms. The third-order valence-electron chi connectivity index (χ3n) is 2.94. The number of carbonyl (C=O) groups excluding carboxylic acids is 1. The number of hydrogen-bond acceptors (Lipinski definition) is 5. The Labute approximate surface area is 119 Å². The first-order valence-corrected chi connectivity index (χ1v) is 7.91. The molecule has 0 atom stereocenters. The SMILES string of the molecule is COC(=O)CCCCCNS(=O)(=O)c1cn(C)c(C)n1. The second-order valence-electron chi connectivity index (χ2n) is 4.52. The Morgan fingerprint density at radius 3 is 2.65 bits per heavy atom. The van der Waals surface area contributed by atoms with Crippen LogP contribution in [-0.2, 0) is 26.6 Å². The molecule has 0 aliphatic carbocycles. The number of esters is 1. The van der Waals surface area contributed by atoms with E-state index in [0.717, 1.165) is 6.42 Å². The van der Waals surface area contributed by atoms with Crippen LogP contribution in [0.25, 0.3) is 0 Å². The Kier molecular flexibility index (Phi) is 6.15. The predicted molar refractivity (Wildman–Crippen MR) is 73.6 cm³/mol. The van der Waals surface area contributed by atoms with Crippen LogP contribution in [0, 0.1) is 6.92 Å². The number of ether oxygens (including phenoxy) is 1. The summed E-state index contributed by atoms with van der Waals surface area (Å²) in [5.74, 6) is 0.401. The minimum atomic E-state index is -3.54. The van der Waals surface area contributed by atoms with Gasteiger partial charge in [0.15, 0.2) is 5.03 Å². The molecule has 0 bridgehead atoms.